The van der Waals surface area contributed by atoms with Crippen LogP contribution in [0.4, 0.5) is 5.82 Å². The Morgan fingerprint density at radius 2 is 1.52 bits per heavy atom. The number of carboxylic acid groups (broad SMARTS) is 2. The van der Waals surface area contributed by atoms with Crippen molar-refractivity contribution in [3.8, 4) is 16.9 Å². The van der Waals surface area contributed by atoms with Gasteiger partial charge in [0, 0.05) is 5.56 Å². The van der Waals surface area contributed by atoms with Crippen molar-refractivity contribution in [2.24, 2.45) is 0 Å². The van der Waals surface area contributed by atoms with Gasteiger partial charge in [-0.25, -0.2) is 9.59 Å². The van der Waals surface area contributed by atoms with Crippen LogP contribution in [0.3, 0.4) is 0 Å². The van der Waals surface area contributed by atoms with E-state index in [1.807, 2.05) is 4.98 Å². The van der Waals surface area contributed by atoms with Crippen LogP contribution >= 0.6 is 0 Å². The van der Waals surface area contributed by atoms with E-state index in [1.165, 1.54) is 24.3 Å². The van der Waals surface area contributed by atoms with E-state index in [0.717, 1.165) is 0 Å². The molecule has 0 bridgehead atoms. The Hall–Kier alpha value is -3.29. The number of nitrogen functional groups attached to an aromatic ring is 1. The molecule has 21 heavy (non-hydrogen) atoms. The maximum atomic E-state index is 11.8. The molecule has 8 heteroatoms. The smallest absolute Gasteiger partial charge is 0.342 e. The molecule has 8 nitrogen and oxygen atoms in total. The number of nitrogens with two attached hydrogens (primary N) is 1. The van der Waals surface area contributed by atoms with Gasteiger partial charge in [0.25, 0.3) is 5.56 Å². The minimum absolute atomic E-state index is 0.0923. The summed E-state index contributed by atoms with van der Waals surface area (Å²) in [7, 11) is 0. The molecule has 0 radical (unpaired) electrons. The minimum atomic E-state index is -1.58. The molecular formula is C13H10N2O6. The number of carbonyl (C=O) groups is 2. The molecule has 1 aromatic carbocycles. The lowest BCUT2D eigenvalue weighted by Crippen LogP contribution is -2.24. The third kappa shape index (κ3) is 2.41. The number of carboxylic acids is 2. The minimum Gasteiger partial charge on any atom is -0.508 e. The predicted molar refractivity (Wildman–Crippen MR) is 72.5 cm³/mol. The summed E-state index contributed by atoms with van der Waals surface area (Å²) < 4.78 is 0. The highest BCUT2D eigenvalue weighted by atomic mass is 16.4. The van der Waals surface area contributed by atoms with Crippen LogP contribution in [0.15, 0.2) is 29.1 Å². The summed E-state index contributed by atoms with van der Waals surface area (Å²) in [5, 5.41) is 27.6. The van der Waals surface area contributed by atoms with Crippen molar-refractivity contribution in [1.29, 1.82) is 0 Å². The van der Waals surface area contributed by atoms with Crippen LogP contribution < -0.4 is 11.3 Å². The highest BCUT2D eigenvalue weighted by Gasteiger charge is 2.26. The summed E-state index contributed by atoms with van der Waals surface area (Å²) in [4.78, 5) is 36.4. The number of H-pyrrole nitrogens is 1. The average molecular weight is 290 g/mol. The van der Waals surface area contributed by atoms with Gasteiger partial charge in [-0.3, -0.25) is 4.79 Å². The largest absolute Gasteiger partial charge is 0.508 e. The predicted octanol–water partition coefficient (Wildman–Crippen LogP) is 0.726. The van der Waals surface area contributed by atoms with Crippen molar-refractivity contribution in [1.82, 2.24) is 4.98 Å². The molecule has 1 heterocycles. The summed E-state index contributed by atoms with van der Waals surface area (Å²) in [6.45, 7) is 0. The second-order valence-electron chi connectivity index (χ2n) is 4.15. The lowest BCUT2D eigenvalue weighted by molar-refractivity contribution is 0.0695. The van der Waals surface area contributed by atoms with E-state index >= 15 is 0 Å². The van der Waals surface area contributed by atoms with Gasteiger partial charge in [0.1, 0.15) is 22.7 Å². The van der Waals surface area contributed by atoms with Crippen LogP contribution in [0, 0.1) is 0 Å². The molecule has 2 aromatic rings. The van der Waals surface area contributed by atoms with Gasteiger partial charge in [-0.2, -0.15) is 0 Å². The number of nitrogens with one attached hydrogen (secondary N) is 1. The lowest BCUT2D eigenvalue weighted by Gasteiger charge is -2.12. The maximum absolute atomic E-state index is 11.8. The van der Waals surface area contributed by atoms with Crippen LogP contribution in [0.5, 0.6) is 5.75 Å². The fraction of sp³-hybridized carbons (Fsp3) is 0. The van der Waals surface area contributed by atoms with Crippen molar-refractivity contribution in [3.05, 3.63) is 45.7 Å². The Balaban J connectivity index is 2.95. The zero-order valence-electron chi connectivity index (χ0n) is 10.5. The SMILES string of the molecule is Nc1[nH]c(=O)c(C(=O)O)c(-c2ccc(O)cc2)c1C(=O)O. The summed E-state index contributed by atoms with van der Waals surface area (Å²) in [6, 6.07) is 5.07. The second kappa shape index (κ2) is 5.00. The number of pyridine rings is 1. The third-order valence-electron chi connectivity index (χ3n) is 2.83. The monoisotopic (exact) mass is 290 g/mol. The zero-order chi connectivity index (χ0) is 15.7. The van der Waals surface area contributed by atoms with Crippen LogP contribution in [0.25, 0.3) is 11.1 Å². The van der Waals surface area contributed by atoms with Crippen molar-refractivity contribution < 1.29 is 24.9 Å². The Morgan fingerprint density at radius 1 is 1.00 bits per heavy atom. The van der Waals surface area contributed by atoms with Gasteiger partial charge < -0.3 is 26.0 Å². The molecule has 0 aliphatic rings. The Morgan fingerprint density at radius 3 is 2.00 bits per heavy atom. The third-order valence-corrected chi connectivity index (χ3v) is 2.83. The number of aromatic amines is 1. The number of hydrogen-bond donors (Lipinski definition) is 5. The summed E-state index contributed by atoms with van der Waals surface area (Å²) in [6.07, 6.45) is 0. The van der Waals surface area contributed by atoms with Crippen LogP contribution in [0.2, 0.25) is 0 Å². The summed E-state index contributed by atoms with van der Waals surface area (Å²) in [5.41, 5.74) is 3.06. The molecule has 0 fully saturated rings. The first-order valence-electron chi connectivity index (χ1n) is 5.64. The summed E-state index contributed by atoms with van der Waals surface area (Å²) in [5.74, 6) is -3.60. The molecule has 6 N–H and O–H groups in total. The molecule has 1 aromatic heterocycles. The van der Waals surface area contributed by atoms with E-state index in [4.69, 9.17) is 10.8 Å². The molecule has 0 amide bonds. The first-order valence-corrected chi connectivity index (χ1v) is 5.64. The standard InChI is InChI=1S/C13H10N2O6/c14-10-8(12(18)19)7(5-1-3-6(16)4-2-5)9(13(20)21)11(17)15-10/h1-4,16H,(H,18,19)(H,20,21)(H3,14,15,17). The van der Waals surface area contributed by atoms with Crippen molar-refractivity contribution in [2.45, 2.75) is 0 Å². The van der Waals surface area contributed by atoms with E-state index in [0.29, 0.717) is 0 Å². The molecule has 0 aliphatic heterocycles. The van der Waals surface area contributed by atoms with E-state index < -0.39 is 34.4 Å². The van der Waals surface area contributed by atoms with Gasteiger partial charge in [0.05, 0.1) is 0 Å². The van der Waals surface area contributed by atoms with E-state index in [9.17, 15) is 24.6 Å². The molecule has 2 rings (SSSR count). The molecule has 0 saturated carbocycles. The molecule has 108 valence electrons. The van der Waals surface area contributed by atoms with Gasteiger partial charge in [0.2, 0.25) is 0 Å². The average Bonchev–Trinajstić information content (AvgIpc) is 2.37. The van der Waals surface area contributed by atoms with Gasteiger partial charge in [-0.1, -0.05) is 12.1 Å². The quantitative estimate of drug-likeness (QED) is 0.558. The fourth-order valence-electron chi connectivity index (χ4n) is 1.96. The Kier molecular flexibility index (Phi) is 3.37. The van der Waals surface area contributed by atoms with Gasteiger partial charge in [-0.15, -0.1) is 0 Å². The van der Waals surface area contributed by atoms with Gasteiger partial charge in [-0.05, 0) is 17.7 Å². The fourth-order valence-corrected chi connectivity index (χ4v) is 1.96. The Labute approximate surface area is 117 Å². The Bertz CT molecular complexity index is 792. The number of aromatic carboxylic acids is 2. The number of rotatable bonds is 3. The number of anilines is 1. The van der Waals surface area contributed by atoms with Crippen LogP contribution in [-0.2, 0) is 0 Å². The first-order chi connectivity index (χ1) is 9.82. The van der Waals surface area contributed by atoms with Gasteiger partial charge in [0.15, 0.2) is 0 Å². The van der Waals surface area contributed by atoms with Crippen LogP contribution in [-0.4, -0.2) is 32.2 Å². The highest BCUT2D eigenvalue weighted by Crippen LogP contribution is 2.30. The molecule has 0 saturated heterocycles. The molecule has 0 aliphatic carbocycles. The second-order valence-corrected chi connectivity index (χ2v) is 4.15. The van der Waals surface area contributed by atoms with E-state index in [-0.39, 0.29) is 16.9 Å². The lowest BCUT2D eigenvalue weighted by atomic mass is 9.95. The number of phenolic OH excluding ortho intramolecular Hbond substituents is 1. The van der Waals surface area contributed by atoms with Crippen molar-refractivity contribution in [3.63, 3.8) is 0 Å². The first kappa shape index (κ1) is 14.1. The number of hydrogen-bond acceptors (Lipinski definition) is 5. The normalized spacial score (nSPS) is 10.3. The van der Waals surface area contributed by atoms with E-state index in [1.54, 1.807) is 0 Å². The van der Waals surface area contributed by atoms with Crippen molar-refractivity contribution >= 4 is 17.8 Å². The molecule has 0 unspecified atom stereocenters. The van der Waals surface area contributed by atoms with Gasteiger partial charge >= 0.3 is 11.9 Å². The number of phenols is 1. The number of aromatic nitrogens is 1. The van der Waals surface area contributed by atoms with E-state index in [2.05, 4.69) is 0 Å². The molecule has 0 atom stereocenters. The molecular weight excluding hydrogens is 280 g/mol. The van der Waals surface area contributed by atoms with Crippen LogP contribution in [0.1, 0.15) is 20.7 Å². The van der Waals surface area contributed by atoms with Crippen molar-refractivity contribution in [2.75, 3.05) is 5.73 Å². The summed E-state index contributed by atoms with van der Waals surface area (Å²) >= 11 is 0. The zero-order valence-corrected chi connectivity index (χ0v) is 10.5. The topological polar surface area (TPSA) is 154 Å². The number of aromatic hydroxyl groups is 1. The highest BCUT2D eigenvalue weighted by molar-refractivity contribution is 6.07. The maximum Gasteiger partial charge on any atom is 0.342 e. The molecule has 0 spiro atoms. The number of benzene rings is 1.